The van der Waals surface area contributed by atoms with E-state index in [4.69, 9.17) is 11.6 Å². The van der Waals surface area contributed by atoms with Crippen molar-refractivity contribution in [2.24, 2.45) is 0 Å². The molecule has 2 rings (SSSR count). The minimum absolute atomic E-state index is 0.0588. The van der Waals surface area contributed by atoms with Crippen LogP contribution in [0.1, 0.15) is 12.5 Å². The molecule has 0 aromatic heterocycles. The van der Waals surface area contributed by atoms with Crippen molar-refractivity contribution in [2.75, 3.05) is 36.8 Å². The lowest BCUT2D eigenvalue weighted by Gasteiger charge is -2.35. The van der Waals surface area contributed by atoms with Crippen molar-refractivity contribution in [3.63, 3.8) is 0 Å². The maximum Gasteiger partial charge on any atom is 0.418 e. The van der Waals surface area contributed by atoms with Gasteiger partial charge in [0.2, 0.25) is 10.0 Å². The molecule has 0 N–H and O–H groups in total. The SMILES string of the molecule is CCS(=O)(=O)N1CCN(c2cc(Cl)c(C(F)(F)F)cc2[N+](=O)[O-])CC1. The Hall–Kier alpha value is -1.59. The second-order valence-electron chi connectivity index (χ2n) is 5.36. The summed E-state index contributed by atoms with van der Waals surface area (Å²) in [5.74, 6) is -0.0702. The summed E-state index contributed by atoms with van der Waals surface area (Å²) < 4.78 is 63.6. The molecule has 0 radical (unpaired) electrons. The molecule has 1 heterocycles. The van der Waals surface area contributed by atoms with Crippen molar-refractivity contribution in [1.82, 2.24) is 4.31 Å². The van der Waals surface area contributed by atoms with Crippen LogP contribution in [0.4, 0.5) is 24.5 Å². The van der Waals surface area contributed by atoms with Crippen LogP contribution < -0.4 is 4.90 Å². The summed E-state index contributed by atoms with van der Waals surface area (Å²) in [6.45, 7) is 1.91. The van der Waals surface area contributed by atoms with Crippen molar-refractivity contribution >= 4 is 33.0 Å². The lowest BCUT2D eigenvalue weighted by molar-refractivity contribution is -0.384. The van der Waals surface area contributed by atoms with E-state index in [1.165, 1.54) is 16.1 Å². The first-order chi connectivity index (χ1) is 11.5. The molecule has 1 aromatic rings. The molecule has 1 saturated heterocycles. The van der Waals surface area contributed by atoms with E-state index in [9.17, 15) is 31.7 Å². The number of halogens is 4. The van der Waals surface area contributed by atoms with Gasteiger partial charge in [0.25, 0.3) is 5.69 Å². The van der Waals surface area contributed by atoms with Crippen molar-refractivity contribution in [1.29, 1.82) is 0 Å². The van der Waals surface area contributed by atoms with Gasteiger partial charge in [-0.15, -0.1) is 0 Å². The Morgan fingerprint density at radius 1 is 1.24 bits per heavy atom. The minimum Gasteiger partial charge on any atom is -0.363 e. The van der Waals surface area contributed by atoms with Gasteiger partial charge in [0.05, 0.1) is 21.3 Å². The highest BCUT2D eigenvalue weighted by Crippen LogP contribution is 2.41. The quantitative estimate of drug-likeness (QED) is 0.572. The Balaban J connectivity index is 2.35. The third-order valence-corrected chi connectivity index (χ3v) is 6.10. The summed E-state index contributed by atoms with van der Waals surface area (Å²) in [6.07, 6.45) is -4.81. The molecular formula is C13H15ClF3N3O4S. The molecule has 1 fully saturated rings. The molecule has 0 atom stereocenters. The highest BCUT2D eigenvalue weighted by atomic mass is 35.5. The van der Waals surface area contributed by atoms with Crippen molar-refractivity contribution in [3.05, 3.63) is 32.8 Å². The van der Waals surface area contributed by atoms with Crippen LogP contribution in [0.2, 0.25) is 5.02 Å². The number of piperazine rings is 1. The first-order valence-electron chi connectivity index (χ1n) is 7.25. The maximum atomic E-state index is 12.9. The van der Waals surface area contributed by atoms with E-state index in [1.807, 2.05) is 0 Å². The van der Waals surface area contributed by atoms with Crippen LogP contribution in [0.3, 0.4) is 0 Å². The van der Waals surface area contributed by atoms with Crippen LogP contribution in [-0.4, -0.2) is 49.6 Å². The van der Waals surface area contributed by atoms with Gasteiger partial charge in [-0.25, -0.2) is 8.42 Å². The second kappa shape index (κ2) is 6.96. The summed E-state index contributed by atoms with van der Waals surface area (Å²) in [7, 11) is -3.39. The van der Waals surface area contributed by atoms with Gasteiger partial charge in [-0.2, -0.15) is 17.5 Å². The van der Waals surface area contributed by atoms with Crippen molar-refractivity contribution < 1.29 is 26.5 Å². The molecule has 12 heteroatoms. The molecule has 25 heavy (non-hydrogen) atoms. The van der Waals surface area contributed by atoms with Crippen LogP contribution in [0.5, 0.6) is 0 Å². The fraction of sp³-hybridized carbons (Fsp3) is 0.538. The van der Waals surface area contributed by atoms with Crippen molar-refractivity contribution in [2.45, 2.75) is 13.1 Å². The molecule has 7 nitrogen and oxygen atoms in total. The largest absolute Gasteiger partial charge is 0.418 e. The molecule has 0 aliphatic carbocycles. The lowest BCUT2D eigenvalue weighted by atomic mass is 10.1. The predicted molar refractivity (Wildman–Crippen MR) is 86.4 cm³/mol. The number of rotatable bonds is 4. The Morgan fingerprint density at radius 2 is 1.80 bits per heavy atom. The van der Waals surface area contributed by atoms with E-state index in [2.05, 4.69) is 0 Å². The van der Waals surface area contributed by atoms with Crippen LogP contribution in [0.15, 0.2) is 12.1 Å². The molecule has 0 saturated carbocycles. The van der Waals surface area contributed by atoms with E-state index in [0.717, 1.165) is 6.07 Å². The summed E-state index contributed by atoms with van der Waals surface area (Å²) in [5.41, 5.74) is -2.06. The lowest BCUT2D eigenvalue weighted by Crippen LogP contribution is -2.49. The summed E-state index contributed by atoms with van der Waals surface area (Å²) in [4.78, 5) is 11.7. The smallest absolute Gasteiger partial charge is 0.363 e. The molecule has 0 bridgehead atoms. The number of sulfonamides is 1. The number of hydrogen-bond acceptors (Lipinski definition) is 5. The molecule has 1 aliphatic rings. The van der Waals surface area contributed by atoms with Crippen LogP contribution >= 0.6 is 11.6 Å². The standard InChI is InChI=1S/C13H15ClF3N3O4S/c1-2-25(23,24)19-5-3-18(4-6-19)11-8-10(14)9(13(15,16)17)7-12(11)20(21)22/h7-8H,2-6H2,1H3. The number of benzene rings is 1. The van der Waals surface area contributed by atoms with E-state index in [-0.39, 0.29) is 37.6 Å². The van der Waals surface area contributed by atoms with Gasteiger partial charge < -0.3 is 4.90 Å². The Bertz CT molecular complexity index is 777. The zero-order chi connectivity index (χ0) is 19.0. The van der Waals surface area contributed by atoms with Gasteiger partial charge in [0, 0.05) is 32.2 Å². The Kier molecular flexibility index (Phi) is 5.50. The zero-order valence-corrected chi connectivity index (χ0v) is 14.7. The number of nitro benzene ring substituents is 1. The molecule has 0 amide bonds. The van der Waals surface area contributed by atoms with Gasteiger partial charge in [-0.1, -0.05) is 11.6 Å². The monoisotopic (exact) mass is 401 g/mol. The highest BCUT2D eigenvalue weighted by Gasteiger charge is 2.37. The Labute approximate surface area is 147 Å². The number of hydrogen-bond donors (Lipinski definition) is 0. The average molecular weight is 402 g/mol. The van der Waals surface area contributed by atoms with E-state index in [0.29, 0.717) is 6.07 Å². The summed E-state index contributed by atoms with van der Waals surface area (Å²) in [6, 6.07) is 1.32. The van der Waals surface area contributed by atoms with Gasteiger partial charge in [-0.05, 0) is 13.0 Å². The molecule has 0 spiro atoms. The van der Waals surface area contributed by atoms with Crippen LogP contribution in [-0.2, 0) is 16.2 Å². The van der Waals surface area contributed by atoms with Crippen molar-refractivity contribution in [3.8, 4) is 0 Å². The number of anilines is 1. The topological polar surface area (TPSA) is 83.8 Å². The van der Waals surface area contributed by atoms with E-state index >= 15 is 0 Å². The third kappa shape index (κ3) is 4.15. The normalized spacial score (nSPS) is 16.9. The average Bonchev–Trinajstić information content (AvgIpc) is 2.53. The Morgan fingerprint density at radius 3 is 2.24 bits per heavy atom. The molecule has 1 aromatic carbocycles. The molecule has 140 valence electrons. The second-order valence-corrected chi connectivity index (χ2v) is 8.03. The van der Waals surface area contributed by atoms with Crippen LogP contribution in [0.25, 0.3) is 0 Å². The fourth-order valence-electron chi connectivity index (χ4n) is 2.56. The molecule has 0 unspecified atom stereocenters. The van der Waals surface area contributed by atoms with Gasteiger partial charge in [-0.3, -0.25) is 10.1 Å². The predicted octanol–water partition coefficient (Wildman–Crippen LogP) is 2.74. The van der Waals surface area contributed by atoms with Gasteiger partial charge in [0.1, 0.15) is 5.69 Å². The fourth-order valence-corrected chi connectivity index (χ4v) is 3.91. The first kappa shape index (κ1) is 19.7. The van der Waals surface area contributed by atoms with E-state index < -0.39 is 37.4 Å². The minimum atomic E-state index is -4.81. The number of nitrogens with zero attached hydrogens (tertiary/aromatic N) is 3. The van der Waals surface area contributed by atoms with E-state index in [1.54, 1.807) is 0 Å². The highest BCUT2D eigenvalue weighted by molar-refractivity contribution is 7.89. The number of nitro groups is 1. The van der Waals surface area contributed by atoms with Gasteiger partial charge >= 0.3 is 6.18 Å². The zero-order valence-electron chi connectivity index (χ0n) is 13.1. The molecular weight excluding hydrogens is 387 g/mol. The summed E-state index contributed by atoms with van der Waals surface area (Å²) >= 11 is 5.66. The molecule has 1 aliphatic heterocycles. The van der Waals surface area contributed by atoms with Crippen LogP contribution in [0, 0.1) is 10.1 Å². The maximum absolute atomic E-state index is 12.9. The third-order valence-electron chi connectivity index (χ3n) is 3.90. The van der Waals surface area contributed by atoms with Gasteiger partial charge in [0.15, 0.2) is 0 Å². The summed E-state index contributed by atoms with van der Waals surface area (Å²) in [5, 5.41) is 10.5. The number of alkyl halides is 3. The first-order valence-corrected chi connectivity index (χ1v) is 9.24.